The normalized spacial score (nSPS) is 10.5. The number of nitrogens with zero attached hydrogens (tertiary/aromatic N) is 1. The van der Waals surface area contributed by atoms with Crippen LogP contribution in [0.1, 0.15) is 10.4 Å². The molecule has 0 aliphatic carbocycles. The molecule has 21 heavy (non-hydrogen) atoms. The van der Waals surface area contributed by atoms with Crippen molar-refractivity contribution in [3.8, 4) is 5.75 Å². The number of para-hydroxylation sites is 1. The standard InChI is InChI=1S/C17H12FNO2/c18-14-7-1-5-13(10-14)15(20)11-21-16-8-2-4-12-6-3-9-19-17(12)16/h1-10H,11H2. The first-order valence-corrected chi connectivity index (χ1v) is 6.49. The maximum atomic E-state index is 13.1. The second-order valence-corrected chi connectivity index (χ2v) is 4.55. The van der Waals surface area contributed by atoms with E-state index in [1.54, 1.807) is 18.3 Å². The number of pyridine rings is 1. The number of ketones is 1. The topological polar surface area (TPSA) is 39.2 Å². The number of fused-ring (bicyclic) bond motifs is 1. The number of carbonyl (C=O) groups excluding carboxylic acids is 1. The van der Waals surface area contributed by atoms with Crippen LogP contribution in [-0.4, -0.2) is 17.4 Å². The van der Waals surface area contributed by atoms with Crippen molar-refractivity contribution in [1.82, 2.24) is 4.98 Å². The first kappa shape index (κ1) is 13.2. The highest BCUT2D eigenvalue weighted by Crippen LogP contribution is 2.23. The van der Waals surface area contributed by atoms with Crippen molar-refractivity contribution in [3.63, 3.8) is 0 Å². The summed E-state index contributed by atoms with van der Waals surface area (Å²) in [6.07, 6.45) is 1.67. The number of hydrogen-bond donors (Lipinski definition) is 0. The lowest BCUT2D eigenvalue weighted by atomic mass is 10.1. The zero-order valence-corrected chi connectivity index (χ0v) is 11.1. The van der Waals surface area contributed by atoms with Crippen LogP contribution < -0.4 is 4.74 Å². The molecule has 104 valence electrons. The van der Waals surface area contributed by atoms with Gasteiger partial charge in [-0.25, -0.2) is 4.39 Å². The molecular formula is C17H12FNO2. The van der Waals surface area contributed by atoms with E-state index in [1.807, 2.05) is 24.3 Å². The Balaban J connectivity index is 1.79. The highest BCUT2D eigenvalue weighted by atomic mass is 19.1. The van der Waals surface area contributed by atoms with Gasteiger partial charge in [-0.15, -0.1) is 0 Å². The number of carbonyl (C=O) groups is 1. The van der Waals surface area contributed by atoms with Crippen molar-refractivity contribution in [2.45, 2.75) is 0 Å². The molecule has 2 aromatic carbocycles. The summed E-state index contributed by atoms with van der Waals surface area (Å²) in [7, 11) is 0. The third-order valence-electron chi connectivity index (χ3n) is 3.10. The van der Waals surface area contributed by atoms with E-state index < -0.39 is 5.82 Å². The van der Waals surface area contributed by atoms with Crippen molar-refractivity contribution in [2.75, 3.05) is 6.61 Å². The monoisotopic (exact) mass is 281 g/mol. The van der Waals surface area contributed by atoms with Crippen LogP contribution >= 0.6 is 0 Å². The molecule has 0 bridgehead atoms. The van der Waals surface area contributed by atoms with Crippen molar-refractivity contribution in [3.05, 3.63) is 72.2 Å². The second-order valence-electron chi connectivity index (χ2n) is 4.55. The lowest BCUT2D eigenvalue weighted by Crippen LogP contribution is -2.12. The molecular weight excluding hydrogens is 269 g/mol. The summed E-state index contributed by atoms with van der Waals surface area (Å²) in [5, 5.41) is 0.938. The van der Waals surface area contributed by atoms with Crippen LogP contribution in [0.15, 0.2) is 60.8 Å². The Hall–Kier alpha value is -2.75. The number of ether oxygens (including phenoxy) is 1. The highest BCUT2D eigenvalue weighted by Gasteiger charge is 2.09. The lowest BCUT2D eigenvalue weighted by molar-refractivity contribution is 0.0922. The number of aromatic nitrogens is 1. The van der Waals surface area contributed by atoms with E-state index in [0.717, 1.165) is 5.39 Å². The Kier molecular flexibility index (Phi) is 3.60. The highest BCUT2D eigenvalue weighted by molar-refractivity contribution is 5.97. The van der Waals surface area contributed by atoms with Gasteiger partial charge in [0.2, 0.25) is 0 Å². The van der Waals surface area contributed by atoms with Crippen LogP contribution in [0.5, 0.6) is 5.75 Å². The van der Waals surface area contributed by atoms with Crippen molar-refractivity contribution < 1.29 is 13.9 Å². The third-order valence-corrected chi connectivity index (χ3v) is 3.10. The number of Topliss-reactive ketones (excluding diaryl/α,β-unsaturated/α-hetero) is 1. The lowest BCUT2D eigenvalue weighted by Gasteiger charge is -2.08. The van der Waals surface area contributed by atoms with E-state index in [2.05, 4.69) is 4.98 Å². The molecule has 3 rings (SSSR count). The van der Waals surface area contributed by atoms with Crippen molar-refractivity contribution in [1.29, 1.82) is 0 Å². The summed E-state index contributed by atoms with van der Waals surface area (Å²) in [6, 6.07) is 14.8. The van der Waals surface area contributed by atoms with E-state index in [9.17, 15) is 9.18 Å². The van der Waals surface area contributed by atoms with Crippen molar-refractivity contribution >= 4 is 16.7 Å². The van der Waals surface area contributed by atoms with Crippen LogP contribution in [0.2, 0.25) is 0 Å². The molecule has 0 atom stereocenters. The fourth-order valence-electron chi connectivity index (χ4n) is 2.08. The summed E-state index contributed by atoms with van der Waals surface area (Å²) in [4.78, 5) is 16.2. The van der Waals surface area contributed by atoms with Gasteiger partial charge in [0.05, 0.1) is 0 Å². The predicted molar refractivity (Wildman–Crippen MR) is 78.0 cm³/mol. The number of benzene rings is 2. The van der Waals surface area contributed by atoms with E-state index in [0.29, 0.717) is 16.8 Å². The van der Waals surface area contributed by atoms with Gasteiger partial charge in [0, 0.05) is 17.1 Å². The maximum absolute atomic E-state index is 13.1. The van der Waals surface area contributed by atoms with E-state index in [-0.39, 0.29) is 12.4 Å². The molecule has 0 saturated carbocycles. The zero-order valence-electron chi connectivity index (χ0n) is 11.1. The van der Waals surface area contributed by atoms with Crippen LogP contribution in [0.3, 0.4) is 0 Å². The summed E-state index contributed by atoms with van der Waals surface area (Å²) < 4.78 is 18.6. The van der Waals surface area contributed by atoms with Gasteiger partial charge in [-0.2, -0.15) is 0 Å². The molecule has 1 heterocycles. The minimum atomic E-state index is -0.437. The molecule has 1 aromatic heterocycles. The fourth-order valence-corrected chi connectivity index (χ4v) is 2.08. The quantitative estimate of drug-likeness (QED) is 0.685. The van der Waals surface area contributed by atoms with E-state index >= 15 is 0 Å². The van der Waals surface area contributed by atoms with Gasteiger partial charge in [-0.05, 0) is 24.3 Å². The van der Waals surface area contributed by atoms with Gasteiger partial charge in [-0.3, -0.25) is 9.78 Å². The van der Waals surface area contributed by atoms with E-state index in [1.165, 1.54) is 18.2 Å². The van der Waals surface area contributed by atoms with Gasteiger partial charge in [0.1, 0.15) is 17.1 Å². The Morgan fingerprint density at radius 1 is 1.10 bits per heavy atom. The number of rotatable bonds is 4. The zero-order chi connectivity index (χ0) is 14.7. The molecule has 3 nitrogen and oxygen atoms in total. The second kappa shape index (κ2) is 5.71. The summed E-state index contributed by atoms with van der Waals surface area (Å²) in [5.41, 5.74) is 0.996. The molecule has 0 saturated heterocycles. The van der Waals surface area contributed by atoms with Crippen LogP contribution in [0.4, 0.5) is 4.39 Å². The third kappa shape index (κ3) is 2.89. The molecule has 0 amide bonds. The Morgan fingerprint density at radius 2 is 1.90 bits per heavy atom. The molecule has 0 radical (unpaired) electrons. The first-order chi connectivity index (χ1) is 10.2. The molecule has 0 fully saturated rings. The maximum Gasteiger partial charge on any atom is 0.200 e. The average Bonchev–Trinajstić information content (AvgIpc) is 2.52. The van der Waals surface area contributed by atoms with Gasteiger partial charge >= 0.3 is 0 Å². The largest absolute Gasteiger partial charge is 0.483 e. The van der Waals surface area contributed by atoms with Gasteiger partial charge in [0.25, 0.3) is 0 Å². The summed E-state index contributed by atoms with van der Waals surface area (Å²) in [5.74, 6) is -0.173. The molecule has 4 heteroatoms. The number of halogens is 1. The van der Waals surface area contributed by atoms with Crippen LogP contribution in [0.25, 0.3) is 10.9 Å². The predicted octanol–water partition coefficient (Wildman–Crippen LogP) is 3.64. The fraction of sp³-hybridized carbons (Fsp3) is 0.0588. The minimum Gasteiger partial charge on any atom is -0.483 e. The minimum absolute atomic E-state index is 0.154. The van der Waals surface area contributed by atoms with Crippen LogP contribution in [-0.2, 0) is 0 Å². The van der Waals surface area contributed by atoms with E-state index in [4.69, 9.17) is 4.74 Å². The first-order valence-electron chi connectivity index (χ1n) is 6.49. The van der Waals surface area contributed by atoms with Gasteiger partial charge in [0.15, 0.2) is 12.4 Å². The molecule has 3 aromatic rings. The Bertz CT molecular complexity index is 796. The summed E-state index contributed by atoms with van der Waals surface area (Å²) >= 11 is 0. The molecule has 0 unspecified atom stereocenters. The Morgan fingerprint density at radius 3 is 2.76 bits per heavy atom. The van der Waals surface area contributed by atoms with Gasteiger partial charge in [-0.1, -0.05) is 30.3 Å². The molecule has 0 aliphatic heterocycles. The molecule has 0 spiro atoms. The summed E-state index contributed by atoms with van der Waals surface area (Å²) in [6.45, 7) is -0.154. The SMILES string of the molecule is O=C(COc1cccc2cccnc12)c1cccc(F)c1. The average molecular weight is 281 g/mol. The van der Waals surface area contributed by atoms with Crippen molar-refractivity contribution in [2.24, 2.45) is 0 Å². The van der Waals surface area contributed by atoms with Crippen LogP contribution in [0, 0.1) is 5.82 Å². The smallest absolute Gasteiger partial charge is 0.200 e. The molecule has 0 aliphatic rings. The Labute approximate surface area is 121 Å². The molecule has 0 N–H and O–H groups in total. The number of hydrogen-bond acceptors (Lipinski definition) is 3. The van der Waals surface area contributed by atoms with Gasteiger partial charge < -0.3 is 4.74 Å².